The van der Waals surface area contributed by atoms with Gasteiger partial charge in [-0.05, 0) is 11.0 Å². The van der Waals surface area contributed by atoms with Gasteiger partial charge < -0.3 is 12.6 Å². The van der Waals surface area contributed by atoms with Crippen molar-refractivity contribution in [3.8, 4) is 0 Å². The number of hydrogen-bond donors (Lipinski definition) is 0. The molecule has 0 radical (unpaired) electrons. The van der Waals surface area contributed by atoms with Crippen LogP contribution in [0.4, 0.5) is 0 Å². The van der Waals surface area contributed by atoms with Crippen molar-refractivity contribution >= 4 is 12.6 Å². The molecule has 0 saturated heterocycles. The van der Waals surface area contributed by atoms with Crippen molar-refractivity contribution in [2.45, 2.75) is 31.9 Å². The van der Waals surface area contributed by atoms with Crippen LogP contribution in [-0.2, 0) is 23.8 Å². The summed E-state index contributed by atoms with van der Waals surface area (Å²) in [5.74, 6) is 0.713. The summed E-state index contributed by atoms with van der Waals surface area (Å²) in [5.41, 5.74) is 2.85. The third-order valence-electron chi connectivity index (χ3n) is 1.99. The van der Waals surface area contributed by atoms with E-state index < -0.39 is 0 Å². The van der Waals surface area contributed by atoms with Gasteiger partial charge in [-0.3, -0.25) is 0 Å². The molecule has 13 heavy (non-hydrogen) atoms. The van der Waals surface area contributed by atoms with Crippen LogP contribution in [0.2, 0.25) is 0 Å². The molecule has 0 atom stereocenters. The van der Waals surface area contributed by atoms with E-state index in [-0.39, 0.29) is 35.0 Å². The summed E-state index contributed by atoms with van der Waals surface area (Å²) >= 11 is 4.96. The van der Waals surface area contributed by atoms with Crippen LogP contribution in [0.15, 0.2) is 24.3 Å². The Morgan fingerprint density at radius 2 is 1.54 bits per heavy atom. The smallest absolute Gasteiger partial charge is 0.788 e. The molecule has 0 aliphatic heterocycles. The molecular weight excluding hydrogens is 187 g/mol. The topological polar surface area (TPSA) is 0 Å². The Balaban J connectivity index is 0.00000144. The second-order valence-corrected chi connectivity index (χ2v) is 4.38. The summed E-state index contributed by atoms with van der Waals surface area (Å²) in [5, 5.41) is 0. The van der Waals surface area contributed by atoms with Gasteiger partial charge in [0.1, 0.15) is 0 Å². The van der Waals surface area contributed by atoms with E-state index in [0.717, 1.165) is 0 Å². The van der Waals surface area contributed by atoms with Gasteiger partial charge in [0.25, 0.3) is 0 Å². The summed E-state index contributed by atoms with van der Waals surface area (Å²) in [6.45, 7) is 6.65. The molecule has 0 saturated carbocycles. The minimum absolute atomic E-state index is 0. The Morgan fingerprint density at radius 1 is 1.08 bits per heavy atom. The van der Waals surface area contributed by atoms with Gasteiger partial charge in [-0.2, -0.15) is 5.75 Å². The summed E-state index contributed by atoms with van der Waals surface area (Å²) in [6.07, 6.45) is 0. The Hall–Kier alpha value is 0.570. The molecule has 0 N–H and O–H groups in total. The first-order valence-corrected chi connectivity index (χ1v) is 4.79. The Bertz CT molecular complexity index is 246. The maximum absolute atomic E-state index is 4.96. The van der Waals surface area contributed by atoms with Crippen molar-refractivity contribution in [1.29, 1.82) is 0 Å². The molecular formula is C11H15NaS. The monoisotopic (exact) mass is 202 g/mol. The van der Waals surface area contributed by atoms with E-state index in [1.54, 1.807) is 0 Å². The maximum atomic E-state index is 4.96. The Morgan fingerprint density at radius 3 is 1.85 bits per heavy atom. The third-order valence-corrected chi connectivity index (χ3v) is 2.32. The van der Waals surface area contributed by atoms with E-state index >= 15 is 0 Å². The predicted molar refractivity (Wildman–Crippen MR) is 56.2 cm³/mol. The average molecular weight is 202 g/mol. The first kappa shape index (κ1) is 13.6. The molecule has 0 fully saturated rings. The van der Waals surface area contributed by atoms with Crippen LogP contribution in [0.3, 0.4) is 0 Å². The van der Waals surface area contributed by atoms with Gasteiger partial charge in [-0.25, -0.2) is 0 Å². The van der Waals surface area contributed by atoms with Crippen LogP contribution in [-0.4, -0.2) is 0 Å². The molecule has 0 aliphatic carbocycles. The molecule has 1 rings (SSSR count). The van der Waals surface area contributed by atoms with E-state index in [1.165, 1.54) is 11.1 Å². The van der Waals surface area contributed by atoms with Crippen LogP contribution in [0.1, 0.15) is 31.9 Å². The Labute approximate surface area is 109 Å². The fraction of sp³-hybridized carbons (Fsp3) is 0.455. The summed E-state index contributed by atoms with van der Waals surface area (Å²) in [7, 11) is 0. The van der Waals surface area contributed by atoms with Gasteiger partial charge >= 0.3 is 29.6 Å². The first-order valence-electron chi connectivity index (χ1n) is 4.21. The number of hydrogen-bond acceptors (Lipinski definition) is 1. The van der Waals surface area contributed by atoms with Gasteiger partial charge in [0.15, 0.2) is 0 Å². The Kier molecular flexibility index (Phi) is 5.69. The van der Waals surface area contributed by atoms with Crippen LogP contribution in [0, 0.1) is 0 Å². The maximum Gasteiger partial charge on any atom is 1.00 e. The number of rotatable bonds is 1. The summed E-state index contributed by atoms with van der Waals surface area (Å²) in [4.78, 5) is 0. The van der Waals surface area contributed by atoms with Crippen LogP contribution >= 0.6 is 0 Å². The molecule has 0 nitrogen and oxygen atoms in total. The standard InChI is InChI=1S/C11H16S.Na/c1-11(2,3)10-6-4-9(8-12)5-7-10;/h4-7,12H,8H2,1-3H3;/q;+1/p-1. The fourth-order valence-corrected chi connectivity index (χ4v) is 1.29. The van der Waals surface area contributed by atoms with Crippen molar-refractivity contribution in [1.82, 2.24) is 0 Å². The van der Waals surface area contributed by atoms with Crippen molar-refractivity contribution < 1.29 is 29.6 Å². The van der Waals surface area contributed by atoms with Crippen LogP contribution < -0.4 is 29.6 Å². The molecule has 0 aliphatic rings. The van der Waals surface area contributed by atoms with Gasteiger partial charge in [0, 0.05) is 0 Å². The molecule has 1 aromatic rings. The largest absolute Gasteiger partial charge is 1.00 e. The van der Waals surface area contributed by atoms with Crippen LogP contribution in [0.25, 0.3) is 0 Å². The van der Waals surface area contributed by atoms with E-state index in [1.807, 2.05) is 0 Å². The van der Waals surface area contributed by atoms with Crippen molar-refractivity contribution in [3.05, 3.63) is 35.4 Å². The van der Waals surface area contributed by atoms with Gasteiger partial charge in [-0.15, -0.1) is 0 Å². The van der Waals surface area contributed by atoms with Crippen LogP contribution in [0.5, 0.6) is 0 Å². The minimum Gasteiger partial charge on any atom is -0.788 e. The quantitative estimate of drug-likeness (QED) is 0.457. The second-order valence-electron chi connectivity index (χ2n) is 4.09. The zero-order chi connectivity index (χ0) is 9.19. The first-order chi connectivity index (χ1) is 5.54. The summed E-state index contributed by atoms with van der Waals surface area (Å²) < 4.78 is 0. The van der Waals surface area contributed by atoms with Crippen molar-refractivity contribution in [3.63, 3.8) is 0 Å². The van der Waals surface area contributed by atoms with Gasteiger partial charge in [0.05, 0.1) is 0 Å². The predicted octanol–water partition coefficient (Wildman–Crippen LogP) is 0.0350. The average Bonchev–Trinajstić information content (AvgIpc) is 2.03. The molecule has 0 heterocycles. The van der Waals surface area contributed by atoms with Gasteiger partial charge in [-0.1, -0.05) is 50.6 Å². The fourth-order valence-electron chi connectivity index (χ4n) is 1.10. The number of benzene rings is 1. The van der Waals surface area contributed by atoms with E-state index in [9.17, 15) is 0 Å². The molecule has 0 aromatic heterocycles. The van der Waals surface area contributed by atoms with Crippen molar-refractivity contribution in [2.75, 3.05) is 0 Å². The van der Waals surface area contributed by atoms with E-state index in [4.69, 9.17) is 12.6 Å². The van der Waals surface area contributed by atoms with E-state index in [2.05, 4.69) is 45.0 Å². The van der Waals surface area contributed by atoms with E-state index in [0.29, 0.717) is 5.75 Å². The molecule has 66 valence electrons. The zero-order valence-electron chi connectivity index (χ0n) is 8.92. The normalized spacial score (nSPS) is 10.8. The second kappa shape index (κ2) is 5.45. The molecule has 1 aromatic carbocycles. The zero-order valence-corrected chi connectivity index (χ0v) is 11.7. The molecule has 2 heteroatoms. The summed E-state index contributed by atoms with van der Waals surface area (Å²) in [6, 6.07) is 8.57. The molecule has 0 bridgehead atoms. The third kappa shape index (κ3) is 4.07. The minimum atomic E-state index is 0. The molecule has 0 spiro atoms. The molecule has 0 unspecified atom stereocenters. The van der Waals surface area contributed by atoms with Crippen molar-refractivity contribution in [2.24, 2.45) is 0 Å². The van der Waals surface area contributed by atoms with Gasteiger partial charge in [0.2, 0.25) is 0 Å². The molecule has 0 amide bonds. The SMILES string of the molecule is CC(C)(C)c1ccc(C[S-])cc1.[Na+].